The summed E-state index contributed by atoms with van der Waals surface area (Å²) in [6.07, 6.45) is -1.36. The van der Waals surface area contributed by atoms with Gasteiger partial charge in [0.15, 0.2) is 0 Å². The van der Waals surface area contributed by atoms with Crippen LogP contribution in [-0.4, -0.2) is 32.7 Å². The fourth-order valence-corrected chi connectivity index (χ4v) is 1.68. The van der Waals surface area contributed by atoms with Crippen LogP contribution in [0.4, 0.5) is 13.2 Å². The molecule has 0 fully saturated rings. The van der Waals surface area contributed by atoms with Crippen LogP contribution in [0.15, 0.2) is 24.3 Å². The third-order valence-electron chi connectivity index (χ3n) is 2.69. The maximum atomic E-state index is 13.4. The Morgan fingerprint density at radius 2 is 2.00 bits per heavy atom. The highest BCUT2D eigenvalue weighted by atomic mass is 19.3. The predicted octanol–water partition coefficient (Wildman–Crippen LogP) is 2.63. The molecule has 1 atom stereocenters. The van der Waals surface area contributed by atoms with Crippen molar-refractivity contribution in [1.82, 2.24) is 5.32 Å². The van der Waals surface area contributed by atoms with Gasteiger partial charge >= 0.3 is 0 Å². The van der Waals surface area contributed by atoms with Gasteiger partial charge in [-0.1, -0.05) is 18.2 Å². The number of benzene rings is 1. The lowest BCUT2D eigenvalue weighted by Gasteiger charge is -2.16. The molecule has 5 heteroatoms. The lowest BCUT2D eigenvalue weighted by Crippen LogP contribution is -2.29. The highest BCUT2D eigenvalue weighted by molar-refractivity contribution is 5.18. The normalized spacial score (nSPS) is 12.9. The summed E-state index contributed by atoms with van der Waals surface area (Å²) in [5.41, 5.74) is 0.616. The minimum atomic E-state index is -2.44. The molecule has 0 spiro atoms. The van der Waals surface area contributed by atoms with Crippen molar-refractivity contribution in [2.75, 3.05) is 20.3 Å². The molecular formula is C13H18F3NO. The summed E-state index contributed by atoms with van der Waals surface area (Å²) in [5, 5.41) is 3.03. The number of ether oxygens (including phenoxy) is 1. The van der Waals surface area contributed by atoms with E-state index in [4.69, 9.17) is 4.74 Å². The second-order valence-electron chi connectivity index (χ2n) is 4.04. The summed E-state index contributed by atoms with van der Waals surface area (Å²) in [6.45, 7) is -0.305. The smallest absolute Gasteiger partial charge is 0.261 e. The number of rotatable bonds is 8. The summed E-state index contributed by atoms with van der Waals surface area (Å²) in [6, 6.07) is 6.56. The largest absolute Gasteiger partial charge is 0.375 e. The summed E-state index contributed by atoms with van der Waals surface area (Å²) in [4.78, 5) is 0. The van der Waals surface area contributed by atoms with Crippen LogP contribution in [0.1, 0.15) is 12.0 Å². The van der Waals surface area contributed by atoms with E-state index in [1.54, 1.807) is 25.2 Å². The van der Waals surface area contributed by atoms with Crippen LogP contribution in [0, 0.1) is 5.82 Å². The van der Waals surface area contributed by atoms with Crippen LogP contribution in [0.3, 0.4) is 0 Å². The summed E-state index contributed by atoms with van der Waals surface area (Å²) >= 11 is 0. The predicted molar refractivity (Wildman–Crippen MR) is 64.4 cm³/mol. The average Bonchev–Trinajstić information content (AvgIpc) is 2.35. The van der Waals surface area contributed by atoms with Gasteiger partial charge < -0.3 is 10.1 Å². The van der Waals surface area contributed by atoms with Gasteiger partial charge in [-0.3, -0.25) is 0 Å². The lowest BCUT2D eigenvalue weighted by atomic mass is 10.0. The van der Waals surface area contributed by atoms with Gasteiger partial charge in [0, 0.05) is 12.6 Å². The van der Waals surface area contributed by atoms with Gasteiger partial charge in [-0.2, -0.15) is 0 Å². The molecule has 102 valence electrons. The second-order valence-corrected chi connectivity index (χ2v) is 4.04. The van der Waals surface area contributed by atoms with Gasteiger partial charge in [-0.25, -0.2) is 13.2 Å². The number of nitrogens with one attached hydrogen (secondary N) is 1. The Bertz CT molecular complexity index is 347. The van der Waals surface area contributed by atoms with Gasteiger partial charge in [-0.15, -0.1) is 0 Å². The third-order valence-corrected chi connectivity index (χ3v) is 2.69. The van der Waals surface area contributed by atoms with E-state index in [-0.39, 0.29) is 18.5 Å². The van der Waals surface area contributed by atoms with Crippen LogP contribution < -0.4 is 5.32 Å². The monoisotopic (exact) mass is 261 g/mol. The molecule has 18 heavy (non-hydrogen) atoms. The van der Waals surface area contributed by atoms with E-state index in [0.29, 0.717) is 18.4 Å². The minimum absolute atomic E-state index is 0.0135. The van der Waals surface area contributed by atoms with E-state index in [9.17, 15) is 13.2 Å². The molecule has 0 amide bonds. The third kappa shape index (κ3) is 5.51. The van der Waals surface area contributed by atoms with Gasteiger partial charge in [0.05, 0.1) is 0 Å². The van der Waals surface area contributed by atoms with Crippen molar-refractivity contribution >= 4 is 0 Å². The molecule has 0 aliphatic rings. The van der Waals surface area contributed by atoms with E-state index in [1.165, 1.54) is 6.07 Å². The van der Waals surface area contributed by atoms with Crippen molar-refractivity contribution < 1.29 is 17.9 Å². The number of hydrogen-bond donors (Lipinski definition) is 1. The lowest BCUT2D eigenvalue weighted by molar-refractivity contribution is 0.0146. The molecule has 0 saturated carbocycles. The SMILES string of the molecule is CNC(CCOCC(F)F)Cc1ccccc1F. The van der Waals surface area contributed by atoms with E-state index < -0.39 is 13.0 Å². The molecular weight excluding hydrogens is 243 g/mol. The molecule has 0 aromatic heterocycles. The molecule has 1 rings (SSSR count). The van der Waals surface area contributed by atoms with E-state index in [0.717, 1.165) is 0 Å². The Balaban J connectivity index is 2.36. The second kappa shape index (κ2) is 8.11. The first-order valence-corrected chi connectivity index (χ1v) is 5.90. The Morgan fingerprint density at radius 1 is 1.28 bits per heavy atom. The van der Waals surface area contributed by atoms with E-state index in [2.05, 4.69) is 5.32 Å². The van der Waals surface area contributed by atoms with Crippen molar-refractivity contribution in [1.29, 1.82) is 0 Å². The molecule has 1 N–H and O–H groups in total. The van der Waals surface area contributed by atoms with Crippen molar-refractivity contribution in [3.05, 3.63) is 35.6 Å². The van der Waals surface area contributed by atoms with Crippen LogP contribution in [0.25, 0.3) is 0 Å². The average molecular weight is 261 g/mol. The Morgan fingerprint density at radius 3 is 2.61 bits per heavy atom. The van der Waals surface area contributed by atoms with Crippen LogP contribution >= 0.6 is 0 Å². The zero-order chi connectivity index (χ0) is 13.4. The van der Waals surface area contributed by atoms with E-state index in [1.807, 2.05) is 0 Å². The molecule has 0 saturated heterocycles. The number of hydrogen-bond acceptors (Lipinski definition) is 2. The fraction of sp³-hybridized carbons (Fsp3) is 0.538. The van der Waals surface area contributed by atoms with Gasteiger partial charge in [0.2, 0.25) is 0 Å². The van der Waals surface area contributed by atoms with Crippen LogP contribution in [0.5, 0.6) is 0 Å². The van der Waals surface area contributed by atoms with Crippen LogP contribution in [0.2, 0.25) is 0 Å². The number of halogens is 3. The first kappa shape index (κ1) is 15.0. The van der Waals surface area contributed by atoms with Gasteiger partial charge in [0.1, 0.15) is 12.4 Å². The topological polar surface area (TPSA) is 21.3 Å². The Hall–Kier alpha value is -1.07. The van der Waals surface area contributed by atoms with Gasteiger partial charge in [0.25, 0.3) is 6.43 Å². The molecule has 0 radical (unpaired) electrons. The Labute approximate surface area is 105 Å². The molecule has 0 aliphatic carbocycles. The molecule has 0 bridgehead atoms. The molecule has 0 heterocycles. The quantitative estimate of drug-likeness (QED) is 0.726. The minimum Gasteiger partial charge on any atom is -0.375 e. The highest BCUT2D eigenvalue weighted by Crippen LogP contribution is 2.10. The fourth-order valence-electron chi connectivity index (χ4n) is 1.68. The van der Waals surface area contributed by atoms with Crippen molar-refractivity contribution in [2.45, 2.75) is 25.3 Å². The maximum absolute atomic E-state index is 13.4. The summed E-state index contributed by atoms with van der Waals surface area (Å²) in [5.74, 6) is -0.244. The maximum Gasteiger partial charge on any atom is 0.261 e. The Kier molecular flexibility index (Phi) is 6.75. The van der Waals surface area contributed by atoms with Gasteiger partial charge in [-0.05, 0) is 31.5 Å². The van der Waals surface area contributed by atoms with Crippen molar-refractivity contribution in [3.8, 4) is 0 Å². The molecule has 1 aromatic rings. The standard InChI is InChI=1S/C13H18F3NO/c1-17-11(6-7-18-9-13(15)16)8-10-4-2-3-5-12(10)14/h2-5,11,13,17H,6-9H2,1H3. The molecule has 1 aromatic carbocycles. The number of likely N-dealkylation sites (N-methyl/N-ethyl adjacent to an activating group) is 1. The molecule has 0 aliphatic heterocycles. The molecule has 1 unspecified atom stereocenters. The summed E-state index contributed by atoms with van der Waals surface area (Å²) in [7, 11) is 1.76. The van der Waals surface area contributed by atoms with E-state index >= 15 is 0 Å². The highest BCUT2D eigenvalue weighted by Gasteiger charge is 2.11. The zero-order valence-corrected chi connectivity index (χ0v) is 10.3. The first-order valence-electron chi connectivity index (χ1n) is 5.90. The van der Waals surface area contributed by atoms with Crippen molar-refractivity contribution in [3.63, 3.8) is 0 Å². The van der Waals surface area contributed by atoms with Crippen molar-refractivity contribution in [2.24, 2.45) is 0 Å². The van der Waals surface area contributed by atoms with Crippen LogP contribution in [-0.2, 0) is 11.2 Å². The first-order chi connectivity index (χ1) is 8.63. The number of alkyl halides is 2. The summed E-state index contributed by atoms with van der Waals surface area (Å²) < 4.78 is 41.9. The molecule has 2 nitrogen and oxygen atoms in total. The zero-order valence-electron chi connectivity index (χ0n) is 10.3.